The average molecular weight is 482 g/mol. The van der Waals surface area contributed by atoms with Gasteiger partial charge in [-0.1, -0.05) is 15.9 Å². The molecule has 0 unspecified atom stereocenters. The van der Waals surface area contributed by atoms with Crippen molar-refractivity contribution < 1.29 is 39.3 Å². The summed E-state index contributed by atoms with van der Waals surface area (Å²) in [6.07, 6.45) is 2.56. The van der Waals surface area contributed by atoms with E-state index in [1.807, 2.05) is 0 Å². The van der Waals surface area contributed by atoms with E-state index in [9.17, 15) is 17.6 Å². The molecule has 0 bridgehead atoms. The first-order valence-electron chi connectivity index (χ1n) is 6.49. The molecule has 1 fully saturated rings. The summed E-state index contributed by atoms with van der Waals surface area (Å²) in [6.45, 7) is 2.00. The first kappa shape index (κ1) is 26.1. The summed E-state index contributed by atoms with van der Waals surface area (Å²) in [7, 11) is 0. The molecule has 0 spiro atoms. The molecule has 128 valence electrons. The van der Waals surface area contributed by atoms with Crippen LogP contribution in [0, 0.1) is 29.3 Å². The summed E-state index contributed by atoms with van der Waals surface area (Å²) >= 11 is 2.93. The Labute approximate surface area is 173 Å². The van der Waals surface area contributed by atoms with Gasteiger partial charge in [-0.3, -0.25) is 8.78 Å². The van der Waals surface area contributed by atoms with Crippen LogP contribution >= 0.6 is 15.9 Å². The third-order valence-corrected chi connectivity index (χ3v) is 2.83. The van der Waals surface area contributed by atoms with Gasteiger partial charge < -0.3 is 21.7 Å². The second-order valence-corrected chi connectivity index (χ2v) is 5.19. The molecule has 24 heavy (non-hydrogen) atoms. The number of hydrogen-bond acceptors (Lipinski definition) is 1. The van der Waals surface area contributed by atoms with E-state index >= 15 is 0 Å². The molecular formula is C16H14Br2F4MgO. The fourth-order valence-corrected chi connectivity index (χ4v) is 1.88. The maximum absolute atomic E-state index is 12.2. The molecule has 0 atom stereocenters. The van der Waals surface area contributed by atoms with E-state index in [1.54, 1.807) is 0 Å². The quantitative estimate of drug-likeness (QED) is 0.317. The monoisotopic (exact) mass is 480 g/mol. The van der Waals surface area contributed by atoms with Gasteiger partial charge in [0.05, 0.1) is 0 Å². The Kier molecular flexibility index (Phi) is 16.4. The minimum atomic E-state index is -0.593. The van der Waals surface area contributed by atoms with Crippen LogP contribution in [0.1, 0.15) is 12.8 Å². The van der Waals surface area contributed by atoms with Crippen molar-refractivity contribution in [1.29, 1.82) is 0 Å². The van der Waals surface area contributed by atoms with Gasteiger partial charge in [0.15, 0.2) is 0 Å². The second-order valence-electron chi connectivity index (χ2n) is 4.28. The van der Waals surface area contributed by atoms with Gasteiger partial charge in [-0.15, -0.1) is 18.2 Å². The molecule has 1 nitrogen and oxygen atoms in total. The Morgan fingerprint density at radius 3 is 1.46 bits per heavy atom. The fraction of sp³-hybridized carbons (Fsp3) is 0.250. The zero-order valence-electron chi connectivity index (χ0n) is 12.7. The maximum atomic E-state index is 12.2. The standard InChI is InChI=1S/C6H3BrF2.C6H3F2.C4H8O.BrH.Mg/c7-4-1-5(8)3-6(9)2-4;7-5-2-1-3-6(8)4-5;1-2-4-5-3-1;;/h1-3H;2-4H;1-4H2;1H;/q;-1;;;+2/p-1. The number of benzene rings is 2. The zero-order valence-corrected chi connectivity index (χ0v) is 17.3. The van der Waals surface area contributed by atoms with Gasteiger partial charge in [-0.2, -0.15) is 6.07 Å². The average Bonchev–Trinajstić information content (AvgIpc) is 2.96. The Morgan fingerprint density at radius 1 is 0.792 bits per heavy atom. The van der Waals surface area contributed by atoms with E-state index in [4.69, 9.17) is 4.74 Å². The first-order valence-corrected chi connectivity index (χ1v) is 7.28. The second kappa shape index (κ2) is 15.1. The minimum Gasteiger partial charge on any atom is -1.00 e. The molecule has 3 rings (SSSR count). The molecule has 0 radical (unpaired) electrons. The van der Waals surface area contributed by atoms with Gasteiger partial charge in [-0.05, 0) is 25.0 Å². The van der Waals surface area contributed by atoms with E-state index in [2.05, 4.69) is 22.0 Å². The van der Waals surface area contributed by atoms with Crippen LogP contribution in [0.3, 0.4) is 0 Å². The Hall–Kier alpha value is -0.154. The molecule has 1 heterocycles. The van der Waals surface area contributed by atoms with E-state index in [0.29, 0.717) is 4.47 Å². The van der Waals surface area contributed by atoms with Crippen molar-refractivity contribution in [1.82, 2.24) is 0 Å². The zero-order chi connectivity index (χ0) is 16.4. The SMILES string of the molecule is C1CCOC1.Fc1c[c-]cc(F)c1.Fc1cc(F)cc(Br)c1.[Br-].[Mg+2]. The Balaban J connectivity index is 0. The van der Waals surface area contributed by atoms with Gasteiger partial charge >= 0.3 is 23.1 Å². The van der Waals surface area contributed by atoms with Crippen molar-refractivity contribution in [3.05, 3.63) is 70.2 Å². The van der Waals surface area contributed by atoms with Gasteiger partial charge in [0.1, 0.15) is 11.6 Å². The largest absolute Gasteiger partial charge is 2.00 e. The van der Waals surface area contributed by atoms with E-state index in [1.165, 1.54) is 25.0 Å². The molecule has 0 amide bonds. The van der Waals surface area contributed by atoms with Crippen LogP contribution in [-0.4, -0.2) is 36.3 Å². The van der Waals surface area contributed by atoms with Crippen LogP contribution < -0.4 is 17.0 Å². The summed E-state index contributed by atoms with van der Waals surface area (Å²) in [6, 6.07) is 8.45. The van der Waals surface area contributed by atoms with Crippen molar-refractivity contribution in [2.45, 2.75) is 12.8 Å². The topological polar surface area (TPSA) is 9.23 Å². The molecule has 0 aliphatic carbocycles. The van der Waals surface area contributed by atoms with Crippen molar-refractivity contribution in [3.8, 4) is 0 Å². The predicted molar refractivity (Wildman–Crippen MR) is 85.1 cm³/mol. The van der Waals surface area contributed by atoms with Gasteiger partial charge in [0.25, 0.3) is 0 Å². The molecule has 0 N–H and O–H groups in total. The van der Waals surface area contributed by atoms with Crippen molar-refractivity contribution in [2.24, 2.45) is 0 Å². The summed E-state index contributed by atoms with van der Waals surface area (Å²) in [5, 5.41) is 0. The van der Waals surface area contributed by atoms with Crippen molar-refractivity contribution >= 4 is 39.0 Å². The van der Waals surface area contributed by atoms with Crippen molar-refractivity contribution in [2.75, 3.05) is 13.2 Å². The van der Waals surface area contributed by atoms with Crippen LogP contribution in [0.5, 0.6) is 0 Å². The van der Waals surface area contributed by atoms with Crippen LogP contribution in [-0.2, 0) is 4.74 Å². The summed E-state index contributed by atoms with van der Waals surface area (Å²) in [5.41, 5.74) is 0. The van der Waals surface area contributed by atoms with Gasteiger partial charge in [0.2, 0.25) is 0 Å². The molecule has 2 aromatic rings. The van der Waals surface area contributed by atoms with Crippen molar-refractivity contribution in [3.63, 3.8) is 0 Å². The normalized spacial score (nSPS) is 11.7. The van der Waals surface area contributed by atoms with Gasteiger partial charge in [0, 0.05) is 35.4 Å². The number of hydrogen-bond donors (Lipinski definition) is 0. The molecular weight excluding hydrogens is 468 g/mol. The molecule has 1 saturated heterocycles. The third-order valence-electron chi connectivity index (χ3n) is 2.37. The summed E-state index contributed by atoms with van der Waals surface area (Å²) in [5.74, 6) is -2.32. The Morgan fingerprint density at radius 2 is 1.21 bits per heavy atom. The fourth-order valence-electron chi connectivity index (χ4n) is 1.45. The molecule has 2 aromatic carbocycles. The van der Waals surface area contributed by atoms with Gasteiger partial charge in [-0.25, -0.2) is 8.78 Å². The van der Waals surface area contributed by atoms with Crippen LogP contribution in [0.4, 0.5) is 17.6 Å². The summed E-state index contributed by atoms with van der Waals surface area (Å²) in [4.78, 5) is 0. The van der Waals surface area contributed by atoms with E-state index in [-0.39, 0.29) is 40.0 Å². The third kappa shape index (κ3) is 13.2. The maximum Gasteiger partial charge on any atom is 2.00 e. The molecule has 1 aliphatic heterocycles. The predicted octanol–water partition coefficient (Wildman–Crippen LogP) is 1.91. The van der Waals surface area contributed by atoms with Crippen LogP contribution in [0.15, 0.2) is 40.9 Å². The first-order chi connectivity index (χ1) is 10.5. The van der Waals surface area contributed by atoms with Crippen LogP contribution in [0.25, 0.3) is 0 Å². The number of ether oxygens (including phenoxy) is 1. The number of halogens is 6. The van der Waals surface area contributed by atoms with Crippen LogP contribution in [0.2, 0.25) is 0 Å². The van der Waals surface area contributed by atoms with E-state index < -0.39 is 23.3 Å². The molecule has 0 aromatic heterocycles. The van der Waals surface area contributed by atoms with E-state index in [0.717, 1.165) is 37.5 Å². The molecule has 1 aliphatic rings. The molecule has 0 saturated carbocycles. The molecule has 8 heteroatoms. The smallest absolute Gasteiger partial charge is 1.00 e. The Bertz CT molecular complexity index is 508. The summed E-state index contributed by atoms with van der Waals surface area (Å²) < 4.78 is 53.5. The minimum absolute atomic E-state index is 0. The number of rotatable bonds is 0.